The molecule has 0 aliphatic carbocycles. The van der Waals surface area contributed by atoms with Crippen molar-refractivity contribution in [2.24, 2.45) is 4.99 Å². The Morgan fingerprint density at radius 3 is 2.50 bits per heavy atom. The number of aliphatic hydroxyl groups is 1. The topological polar surface area (TPSA) is 59.9 Å². The Hall–Kier alpha value is -2.37. The molecule has 1 unspecified atom stereocenters. The first kappa shape index (κ1) is 21.9. The Kier molecular flexibility index (Phi) is 9.52. The lowest BCUT2D eigenvalue weighted by atomic mass is 10.1. The van der Waals surface area contributed by atoms with E-state index in [9.17, 15) is 5.11 Å². The number of aliphatic imine (C=N–C) groups is 1. The summed E-state index contributed by atoms with van der Waals surface area (Å²) in [6.07, 6.45) is 0.164. The minimum Gasteiger partial charge on any atom is -0.388 e. The predicted octanol–water partition coefficient (Wildman–Crippen LogP) is 3.32. The molecule has 0 heterocycles. The summed E-state index contributed by atoms with van der Waals surface area (Å²) in [5, 5.41) is 16.9. The first-order valence-corrected chi connectivity index (χ1v) is 10.1. The second-order valence-electron chi connectivity index (χ2n) is 6.99. The third-order valence-electron chi connectivity index (χ3n) is 4.64. The molecule has 28 heavy (non-hydrogen) atoms. The van der Waals surface area contributed by atoms with Gasteiger partial charge in [-0.2, -0.15) is 0 Å². The van der Waals surface area contributed by atoms with Gasteiger partial charge in [0.05, 0.1) is 12.6 Å². The van der Waals surface area contributed by atoms with Gasteiger partial charge in [0, 0.05) is 19.6 Å². The Bertz CT molecular complexity index is 718. The molecule has 5 nitrogen and oxygen atoms in total. The number of hydrogen-bond donors (Lipinski definition) is 3. The Balaban J connectivity index is 1.88. The molecule has 152 valence electrons. The van der Waals surface area contributed by atoms with Gasteiger partial charge >= 0.3 is 0 Å². The zero-order valence-electron chi connectivity index (χ0n) is 17.4. The quantitative estimate of drug-likeness (QED) is 0.436. The van der Waals surface area contributed by atoms with Gasteiger partial charge in [0.25, 0.3) is 0 Å². The van der Waals surface area contributed by atoms with Crippen LogP contribution in [0.4, 0.5) is 0 Å². The number of rotatable bonds is 10. The molecule has 0 aliphatic heterocycles. The van der Waals surface area contributed by atoms with Gasteiger partial charge in [-0.1, -0.05) is 61.5 Å². The van der Waals surface area contributed by atoms with Crippen LogP contribution in [0.15, 0.2) is 59.6 Å². The molecule has 0 saturated carbocycles. The summed E-state index contributed by atoms with van der Waals surface area (Å²) in [7, 11) is 2.13. The van der Waals surface area contributed by atoms with E-state index < -0.39 is 6.10 Å². The molecule has 0 fully saturated rings. The van der Waals surface area contributed by atoms with Crippen molar-refractivity contribution in [2.75, 3.05) is 26.7 Å². The highest BCUT2D eigenvalue weighted by Crippen LogP contribution is 2.14. The molecule has 0 radical (unpaired) electrons. The Morgan fingerprint density at radius 2 is 1.79 bits per heavy atom. The number of nitrogens with zero attached hydrogens (tertiary/aromatic N) is 2. The molecule has 0 aliphatic rings. The average Bonchev–Trinajstić information content (AvgIpc) is 2.72. The maximum Gasteiger partial charge on any atom is 0.191 e. The van der Waals surface area contributed by atoms with Gasteiger partial charge in [0.15, 0.2) is 5.96 Å². The lowest BCUT2D eigenvalue weighted by Crippen LogP contribution is -2.38. The Morgan fingerprint density at radius 1 is 1.04 bits per heavy atom. The van der Waals surface area contributed by atoms with Crippen molar-refractivity contribution in [2.45, 2.75) is 39.5 Å². The molecule has 1 atom stereocenters. The van der Waals surface area contributed by atoms with Crippen LogP contribution in [0.2, 0.25) is 0 Å². The highest BCUT2D eigenvalue weighted by molar-refractivity contribution is 5.79. The van der Waals surface area contributed by atoms with Crippen LogP contribution in [0, 0.1) is 0 Å². The largest absolute Gasteiger partial charge is 0.388 e. The van der Waals surface area contributed by atoms with Gasteiger partial charge in [-0.25, -0.2) is 4.99 Å². The van der Waals surface area contributed by atoms with Gasteiger partial charge in [0.1, 0.15) is 0 Å². The molecule has 3 N–H and O–H groups in total. The lowest BCUT2D eigenvalue weighted by molar-refractivity contribution is 0.168. The molecule has 0 bridgehead atoms. The summed E-state index contributed by atoms with van der Waals surface area (Å²) < 4.78 is 0. The second-order valence-corrected chi connectivity index (χ2v) is 6.99. The number of benzene rings is 2. The molecule has 0 aromatic heterocycles. The number of guanidine groups is 1. The first-order valence-electron chi connectivity index (χ1n) is 10.1. The third kappa shape index (κ3) is 7.71. The first-order chi connectivity index (χ1) is 13.6. The summed E-state index contributed by atoms with van der Waals surface area (Å²) in [6.45, 7) is 8.28. The molecular weight excluding hydrogens is 348 g/mol. The molecule has 5 heteroatoms. The third-order valence-corrected chi connectivity index (χ3v) is 4.64. The van der Waals surface area contributed by atoms with Crippen LogP contribution in [0.25, 0.3) is 0 Å². The zero-order chi connectivity index (χ0) is 20.2. The molecule has 2 aromatic carbocycles. The molecular formula is C23H34N4O. The summed E-state index contributed by atoms with van der Waals surface area (Å²) in [5.41, 5.74) is 3.45. The monoisotopic (exact) mass is 382 g/mol. The van der Waals surface area contributed by atoms with Crippen molar-refractivity contribution in [1.29, 1.82) is 0 Å². The predicted molar refractivity (Wildman–Crippen MR) is 117 cm³/mol. The van der Waals surface area contributed by atoms with E-state index in [-0.39, 0.29) is 0 Å². The Labute approximate surface area is 169 Å². The van der Waals surface area contributed by atoms with Crippen molar-refractivity contribution < 1.29 is 5.11 Å². The van der Waals surface area contributed by atoms with Crippen molar-refractivity contribution in [3.05, 3.63) is 71.3 Å². The number of nitrogens with one attached hydrogen (secondary N) is 2. The molecule has 0 amide bonds. The highest BCUT2D eigenvalue weighted by atomic mass is 16.3. The fourth-order valence-electron chi connectivity index (χ4n) is 2.93. The highest BCUT2D eigenvalue weighted by Gasteiger charge is 2.07. The standard InChI is InChI=1S/C23H34N4O/c1-4-24-23(25-15-14-22(28)21-12-7-6-8-13-21)26-17-19-10-9-11-20(16-19)18-27(3)5-2/h6-13,16,22,28H,4-5,14-15,17-18H2,1-3H3,(H2,24,25,26). The summed E-state index contributed by atoms with van der Waals surface area (Å²) in [5.74, 6) is 0.777. The van der Waals surface area contributed by atoms with E-state index in [4.69, 9.17) is 4.99 Å². The fraction of sp³-hybridized carbons (Fsp3) is 0.435. The minimum absolute atomic E-state index is 0.469. The summed E-state index contributed by atoms with van der Waals surface area (Å²) in [4.78, 5) is 6.98. The van der Waals surface area contributed by atoms with E-state index >= 15 is 0 Å². The average molecular weight is 383 g/mol. The van der Waals surface area contributed by atoms with Crippen molar-refractivity contribution >= 4 is 5.96 Å². The van der Waals surface area contributed by atoms with Gasteiger partial charge < -0.3 is 20.6 Å². The van der Waals surface area contributed by atoms with E-state index in [1.807, 2.05) is 30.3 Å². The SMILES string of the molecule is CCNC(=NCc1cccc(CN(C)CC)c1)NCCC(O)c1ccccc1. The van der Waals surface area contributed by atoms with Crippen LogP contribution in [-0.2, 0) is 13.1 Å². The molecule has 0 saturated heterocycles. The van der Waals surface area contributed by atoms with Crippen LogP contribution >= 0.6 is 0 Å². The second kappa shape index (κ2) is 12.2. The van der Waals surface area contributed by atoms with Crippen LogP contribution in [0.5, 0.6) is 0 Å². The minimum atomic E-state index is -0.469. The van der Waals surface area contributed by atoms with E-state index in [0.717, 1.165) is 31.2 Å². The van der Waals surface area contributed by atoms with E-state index in [0.29, 0.717) is 19.5 Å². The van der Waals surface area contributed by atoms with Gasteiger partial charge in [-0.05, 0) is 43.6 Å². The van der Waals surface area contributed by atoms with Crippen LogP contribution in [0.3, 0.4) is 0 Å². The normalized spacial score (nSPS) is 12.8. The van der Waals surface area contributed by atoms with Crippen molar-refractivity contribution in [3.63, 3.8) is 0 Å². The van der Waals surface area contributed by atoms with E-state index in [2.05, 4.69) is 60.7 Å². The van der Waals surface area contributed by atoms with Crippen LogP contribution in [-0.4, -0.2) is 42.6 Å². The lowest BCUT2D eigenvalue weighted by Gasteiger charge is -2.15. The maximum atomic E-state index is 10.3. The van der Waals surface area contributed by atoms with Crippen LogP contribution < -0.4 is 10.6 Å². The van der Waals surface area contributed by atoms with Gasteiger partial charge in [-0.3, -0.25) is 0 Å². The smallest absolute Gasteiger partial charge is 0.191 e. The van der Waals surface area contributed by atoms with E-state index in [1.165, 1.54) is 11.1 Å². The van der Waals surface area contributed by atoms with Crippen LogP contribution in [0.1, 0.15) is 43.1 Å². The number of aliphatic hydroxyl groups excluding tert-OH is 1. The number of hydrogen-bond acceptors (Lipinski definition) is 3. The van der Waals surface area contributed by atoms with E-state index in [1.54, 1.807) is 0 Å². The molecule has 2 aromatic rings. The molecule has 2 rings (SSSR count). The van der Waals surface area contributed by atoms with Gasteiger partial charge in [-0.15, -0.1) is 0 Å². The van der Waals surface area contributed by atoms with Crippen molar-refractivity contribution in [1.82, 2.24) is 15.5 Å². The summed E-state index contributed by atoms with van der Waals surface area (Å²) >= 11 is 0. The summed E-state index contributed by atoms with van der Waals surface area (Å²) in [6, 6.07) is 18.3. The molecule has 0 spiro atoms. The van der Waals surface area contributed by atoms with Gasteiger partial charge in [0.2, 0.25) is 0 Å². The fourth-order valence-corrected chi connectivity index (χ4v) is 2.93. The van der Waals surface area contributed by atoms with Crippen molar-refractivity contribution in [3.8, 4) is 0 Å². The maximum absolute atomic E-state index is 10.3. The zero-order valence-corrected chi connectivity index (χ0v) is 17.4.